The van der Waals surface area contributed by atoms with Crippen LogP contribution in [-0.4, -0.2) is 22.3 Å². The van der Waals surface area contributed by atoms with Gasteiger partial charge in [-0.1, -0.05) is 6.07 Å². The van der Waals surface area contributed by atoms with E-state index in [1.807, 2.05) is 30.5 Å². The van der Waals surface area contributed by atoms with Crippen LogP contribution in [-0.2, 0) is 11.3 Å². The van der Waals surface area contributed by atoms with E-state index in [1.165, 1.54) is 22.2 Å². The molecule has 0 spiro atoms. The van der Waals surface area contributed by atoms with E-state index in [4.69, 9.17) is 9.47 Å². The molecule has 0 aliphatic carbocycles. The first-order valence-corrected chi connectivity index (χ1v) is 9.11. The van der Waals surface area contributed by atoms with Crippen LogP contribution in [0.1, 0.15) is 24.9 Å². The number of rotatable bonds is 5. The number of carbonyl (C=O) groups excluding carboxylic acids is 1. The highest BCUT2D eigenvalue weighted by Gasteiger charge is 2.17. The van der Waals surface area contributed by atoms with Crippen molar-refractivity contribution in [2.24, 2.45) is 0 Å². The number of nitrogens with zero attached hydrogens (tertiary/aromatic N) is 2. The maximum atomic E-state index is 12.3. The molecule has 0 bridgehead atoms. The highest BCUT2D eigenvalue weighted by Crippen LogP contribution is 2.34. The highest BCUT2D eigenvalue weighted by atomic mass is 32.1. The molecule has 7 nitrogen and oxygen atoms in total. The van der Waals surface area contributed by atoms with Gasteiger partial charge in [0, 0.05) is 13.0 Å². The number of nitrogens with one attached hydrogen (secondary N) is 1. The summed E-state index contributed by atoms with van der Waals surface area (Å²) in [6.45, 7) is 2.41. The molecule has 2 aromatic heterocycles. The Kier molecular flexibility index (Phi) is 4.34. The Bertz CT molecular complexity index is 1030. The molecule has 0 radical (unpaired) electrons. The van der Waals surface area contributed by atoms with Crippen LogP contribution in [0.5, 0.6) is 11.5 Å². The fraction of sp³-hybridized carbons (Fsp3) is 0.278. The zero-order chi connectivity index (χ0) is 18.1. The summed E-state index contributed by atoms with van der Waals surface area (Å²) in [5, 5.41) is 5.37. The molecule has 0 saturated carbocycles. The molecule has 1 N–H and O–H groups in total. The van der Waals surface area contributed by atoms with Gasteiger partial charge in [-0.2, -0.15) is 0 Å². The first-order chi connectivity index (χ1) is 12.6. The molecule has 4 rings (SSSR count). The number of aryl methyl sites for hydroxylation is 1. The maximum Gasteiger partial charge on any atom is 0.262 e. The van der Waals surface area contributed by atoms with Crippen molar-refractivity contribution in [2.75, 3.05) is 6.79 Å². The Morgan fingerprint density at radius 3 is 3.08 bits per heavy atom. The van der Waals surface area contributed by atoms with Gasteiger partial charge in [0.2, 0.25) is 12.7 Å². The smallest absolute Gasteiger partial charge is 0.262 e. The number of hydrogen-bond donors (Lipinski definition) is 1. The molecule has 3 heterocycles. The summed E-state index contributed by atoms with van der Waals surface area (Å²) in [5.74, 6) is 1.26. The van der Waals surface area contributed by atoms with Crippen molar-refractivity contribution in [1.29, 1.82) is 0 Å². The van der Waals surface area contributed by atoms with Gasteiger partial charge in [-0.05, 0) is 36.1 Å². The van der Waals surface area contributed by atoms with Crippen LogP contribution >= 0.6 is 11.3 Å². The third-order valence-corrected chi connectivity index (χ3v) is 5.13. The minimum Gasteiger partial charge on any atom is -0.454 e. The number of amides is 1. The third kappa shape index (κ3) is 3.15. The van der Waals surface area contributed by atoms with E-state index < -0.39 is 0 Å². The van der Waals surface area contributed by atoms with Gasteiger partial charge in [0.05, 0.1) is 17.8 Å². The average Bonchev–Trinajstić information content (AvgIpc) is 3.29. The summed E-state index contributed by atoms with van der Waals surface area (Å²) in [6, 6.07) is 7.19. The summed E-state index contributed by atoms with van der Waals surface area (Å²) in [5.41, 5.74) is 0.814. The lowest BCUT2D eigenvalue weighted by Crippen LogP contribution is -2.29. The normalized spacial score (nSPS) is 13.7. The number of carbonyl (C=O) groups is 1. The van der Waals surface area contributed by atoms with Crippen LogP contribution in [0.15, 0.2) is 40.8 Å². The van der Waals surface area contributed by atoms with E-state index in [-0.39, 0.29) is 37.3 Å². The van der Waals surface area contributed by atoms with E-state index in [1.54, 1.807) is 6.07 Å². The third-order valence-electron chi connectivity index (χ3n) is 4.30. The van der Waals surface area contributed by atoms with E-state index >= 15 is 0 Å². The topological polar surface area (TPSA) is 82.5 Å². The Labute approximate surface area is 153 Å². The molecule has 1 aromatic carbocycles. The van der Waals surface area contributed by atoms with Crippen LogP contribution in [0.25, 0.3) is 10.2 Å². The molecule has 26 heavy (non-hydrogen) atoms. The maximum absolute atomic E-state index is 12.3. The largest absolute Gasteiger partial charge is 0.454 e. The van der Waals surface area contributed by atoms with Gasteiger partial charge in [0.25, 0.3) is 5.56 Å². The summed E-state index contributed by atoms with van der Waals surface area (Å²) in [6.07, 6.45) is 1.70. The summed E-state index contributed by atoms with van der Waals surface area (Å²) < 4.78 is 12.1. The van der Waals surface area contributed by atoms with E-state index in [9.17, 15) is 9.59 Å². The first-order valence-electron chi connectivity index (χ1n) is 8.23. The van der Waals surface area contributed by atoms with Gasteiger partial charge < -0.3 is 14.8 Å². The van der Waals surface area contributed by atoms with Gasteiger partial charge in [-0.3, -0.25) is 14.2 Å². The number of fused-ring (bicyclic) bond motifs is 2. The molecule has 1 atom stereocenters. The van der Waals surface area contributed by atoms with Crippen molar-refractivity contribution in [1.82, 2.24) is 14.9 Å². The Morgan fingerprint density at radius 2 is 2.19 bits per heavy atom. The average molecular weight is 371 g/mol. The van der Waals surface area contributed by atoms with Crippen molar-refractivity contribution < 1.29 is 14.3 Å². The number of ether oxygens (including phenoxy) is 2. The predicted octanol–water partition coefficient (Wildman–Crippen LogP) is 2.45. The first kappa shape index (κ1) is 16.6. The van der Waals surface area contributed by atoms with Gasteiger partial charge in [-0.25, -0.2) is 4.98 Å². The summed E-state index contributed by atoms with van der Waals surface area (Å²) in [4.78, 5) is 29.5. The molecule has 1 aliphatic heterocycles. The van der Waals surface area contributed by atoms with E-state index in [2.05, 4.69) is 10.3 Å². The second kappa shape index (κ2) is 6.80. The zero-order valence-corrected chi connectivity index (χ0v) is 14.9. The minimum atomic E-state index is -0.175. The van der Waals surface area contributed by atoms with Crippen molar-refractivity contribution in [2.45, 2.75) is 25.9 Å². The van der Waals surface area contributed by atoms with Crippen LogP contribution < -0.4 is 20.3 Å². The zero-order valence-electron chi connectivity index (χ0n) is 14.1. The number of thiophene rings is 1. The van der Waals surface area contributed by atoms with Gasteiger partial charge >= 0.3 is 0 Å². The van der Waals surface area contributed by atoms with Gasteiger partial charge in [0.15, 0.2) is 11.5 Å². The minimum absolute atomic E-state index is 0.118. The summed E-state index contributed by atoms with van der Waals surface area (Å²) in [7, 11) is 0. The Morgan fingerprint density at radius 1 is 1.35 bits per heavy atom. The van der Waals surface area contributed by atoms with Crippen molar-refractivity contribution in [3.8, 4) is 11.5 Å². The molecule has 1 unspecified atom stereocenters. The van der Waals surface area contributed by atoms with Crippen LogP contribution in [0.4, 0.5) is 0 Å². The highest BCUT2D eigenvalue weighted by molar-refractivity contribution is 7.16. The van der Waals surface area contributed by atoms with E-state index in [0.29, 0.717) is 21.7 Å². The molecule has 0 fully saturated rings. The molecular weight excluding hydrogens is 354 g/mol. The lowest BCUT2D eigenvalue weighted by atomic mass is 10.1. The molecule has 3 aromatic rings. The lowest BCUT2D eigenvalue weighted by molar-refractivity contribution is -0.121. The fourth-order valence-electron chi connectivity index (χ4n) is 2.85. The van der Waals surface area contributed by atoms with Crippen molar-refractivity contribution in [3.05, 3.63) is 51.9 Å². The molecule has 0 saturated heterocycles. The standard InChI is InChI=1S/C18H17N3O4S/c1-11(12-2-3-14-15(8-12)25-10-24-14)20-16(22)4-6-21-9-19-17-13(18(21)23)5-7-26-17/h2-3,5,7-9,11H,4,6,10H2,1H3,(H,20,22). The second-order valence-corrected chi connectivity index (χ2v) is 6.93. The van der Waals surface area contributed by atoms with Gasteiger partial charge in [-0.15, -0.1) is 11.3 Å². The number of benzene rings is 1. The number of hydrogen-bond acceptors (Lipinski definition) is 6. The van der Waals surface area contributed by atoms with Crippen molar-refractivity contribution in [3.63, 3.8) is 0 Å². The van der Waals surface area contributed by atoms with Crippen LogP contribution in [0, 0.1) is 0 Å². The lowest BCUT2D eigenvalue weighted by Gasteiger charge is -2.15. The number of aromatic nitrogens is 2. The van der Waals surface area contributed by atoms with Crippen LogP contribution in [0.3, 0.4) is 0 Å². The predicted molar refractivity (Wildman–Crippen MR) is 97.6 cm³/mol. The van der Waals surface area contributed by atoms with Gasteiger partial charge in [0.1, 0.15) is 4.83 Å². The monoisotopic (exact) mass is 371 g/mol. The Hall–Kier alpha value is -2.87. The molecule has 1 amide bonds. The second-order valence-electron chi connectivity index (χ2n) is 6.03. The fourth-order valence-corrected chi connectivity index (χ4v) is 3.58. The molecule has 8 heteroatoms. The van der Waals surface area contributed by atoms with Crippen LogP contribution in [0.2, 0.25) is 0 Å². The van der Waals surface area contributed by atoms with Crippen molar-refractivity contribution >= 4 is 27.5 Å². The summed E-state index contributed by atoms with van der Waals surface area (Å²) >= 11 is 1.43. The molecule has 134 valence electrons. The molecular formula is C18H17N3O4S. The SMILES string of the molecule is CC(NC(=O)CCn1cnc2sccc2c1=O)c1ccc2c(c1)OCO2. The molecule has 1 aliphatic rings. The quantitative estimate of drug-likeness (QED) is 0.745. The Balaban J connectivity index is 1.39. The van der Waals surface area contributed by atoms with E-state index in [0.717, 1.165) is 5.56 Å².